The zero-order valence-electron chi connectivity index (χ0n) is 13.7. The number of rotatable bonds is 8. The number of ether oxygens (including phenoxy) is 1. The maximum Gasteiger partial charge on any atom is 0.188 e. The van der Waals surface area contributed by atoms with Gasteiger partial charge >= 0.3 is 0 Å². The van der Waals surface area contributed by atoms with Gasteiger partial charge in [-0.25, -0.2) is 0 Å². The maximum atomic E-state index is 6.06. The number of hydrogen-bond acceptors (Lipinski definition) is 2. The van der Waals surface area contributed by atoms with Crippen LogP contribution in [0.5, 0.6) is 0 Å². The number of fused-ring (bicyclic) bond motifs is 1. The molecule has 1 unspecified atom stereocenters. The minimum atomic E-state index is 0.258. The Kier molecular flexibility index (Phi) is 7.23. The Morgan fingerprint density at radius 3 is 3.09 bits per heavy atom. The van der Waals surface area contributed by atoms with Gasteiger partial charge in [0.25, 0.3) is 0 Å². The molecule has 0 radical (unpaired) electrons. The van der Waals surface area contributed by atoms with Crippen LogP contribution < -0.4 is 11.1 Å². The first kappa shape index (κ1) is 16.8. The van der Waals surface area contributed by atoms with Gasteiger partial charge in [-0.05, 0) is 43.2 Å². The lowest BCUT2D eigenvalue weighted by molar-refractivity contribution is 0.0403. The predicted molar refractivity (Wildman–Crippen MR) is 92.1 cm³/mol. The standard InChI is InChI=1S/C18H29N3O/c1-2-3-12-20-18(19)21-13-7-14-22-17-11-6-9-15-8-4-5-10-16(15)17/h4-5,8,10,17H,2-3,6-7,9,11-14H2,1H3,(H3,19,20,21). The van der Waals surface area contributed by atoms with Crippen LogP contribution in [0.25, 0.3) is 0 Å². The molecule has 4 nitrogen and oxygen atoms in total. The minimum Gasteiger partial charge on any atom is -0.373 e. The lowest BCUT2D eigenvalue weighted by Crippen LogP contribution is -2.32. The molecule has 2 rings (SSSR count). The molecule has 0 amide bonds. The first-order valence-corrected chi connectivity index (χ1v) is 8.54. The second-order valence-electron chi connectivity index (χ2n) is 5.85. The summed E-state index contributed by atoms with van der Waals surface area (Å²) in [5, 5.41) is 3.12. The van der Waals surface area contributed by atoms with Crippen LogP contribution in [0.1, 0.15) is 56.3 Å². The van der Waals surface area contributed by atoms with Crippen molar-refractivity contribution in [3.05, 3.63) is 35.4 Å². The van der Waals surface area contributed by atoms with Crippen molar-refractivity contribution < 1.29 is 4.74 Å². The van der Waals surface area contributed by atoms with Crippen molar-refractivity contribution in [3.63, 3.8) is 0 Å². The van der Waals surface area contributed by atoms with Gasteiger partial charge in [0.2, 0.25) is 0 Å². The molecule has 0 bridgehead atoms. The zero-order valence-corrected chi connectivity index (χ0v) is 13.7. The number of guanidine groups is 1. The van der Waals surface area contributed by atoms with E-state index in [1.807, 2.05) is 0 Å². The number of benzene rings is 1. The number of unbranched alkanes of at least 4 members (excludes halogenated alkanes) is 1. The van der Waals surface area contributed by atoms with E-state index >= 15 is 0 Å². The molecule has 1 aromatic carbocycles. The van der Waals surface area contributed by atoms with Crippen molar-refractivity contribution in [2.45, 2.75) is 51.6 Å². The molecule has 3 N–H and O–H groups in total. The van der Waals surface area contributed by atoms with Gasteiger partial charge in [-0.15, -0.1) is 0 Å². The van der Waals surface area contributed by atoms with Gasteiger partial charge in [-0.1, -0.05) is 37.6 Å². The van der Waals surface area contributed by atoms with Crippen molar-refractivity contribution in [1.82, 2.24) is 5.32 Å². The Morgan fingerprint density at radius 2 is 2.23 bits per heavy atom. The third-order valence-corrected chi connectivity index (χ3v) is 4.05. The molecular weight excluding hydrogens is 274 g/mol. The fourth-order valence-corrected chi connectivity index (χ4v) is 2.82. The van der Waals surface area contributed by atoms with Crippen molar-refractivity contribution >= 4 is 5.96 Å². The van der Waals surface area contributed by atoms with Gasteiger partial charge in [0, 0.05) is 19.7 Å². The first-order valence-electron chi connectivity index (χ1n) is 8.54. The molecule has 1 aliphatic rings. The van der Waals surface area contributed by atoms with Crippen LogP contribution in [0, 0.1) is 0 Å². The van der Waals surface area contributed by atoms with Gasteiger partial charge in [0.1, 0.15) is 0 Å². The summed E-state index contributed by atoms with van der Waals surface area (Å²) < 4.78 is 6.06. The Balaban J connectivity index is 1.66. The highest BCUT2D eigenvalue weighted by Crippen LogP contribution is 2.32. The number of hydrogen-bond donors (Lipinski definition) is 2. The average Bonchev–Trinajstić information content (AvgIpc) is 2.55. The van der Waals surface area contributed by atoms with Gasteiger partial charge in [0.15, 0.2) is 5.96 Å². The summed E-state index contributed by atoms with van der Waals surface area (Å²) in [7, 11) is 0. The van der Waals surface area contributed by atoms with Crippen LogP contribution in [0.2, 0.25) is 0 Å². The van der Waals surface area contributed by atoms with Crippen LogP contribution in [0.4, 0.5) is 0 Å². The summed E-state index contributed by atoms with van der Waals surface area (Å²) in [6, 6.07) is 8.64. The minimum absolute atomic E-state index is 0.258. The Labute approximate surface area is 134 Å². The number of nitrogens with one attached hydrogen (secondary N) is 1. The van der Waals surface area contributed by atoms with Crippen LogP contribution in [-0.2, 0) is 11.2 Å². The van der Waals surface area contributed by atoms with E-state index in [0.29, 0.717) is 5.96 Å². The number of nitrogens with zero attached hydrogens (tertiary/aromatic N) is 1. The second kappa shape index (κ2) is 9.46. The fraction of sp³-hybridized carbons (Fsp3) is 0.611. The van der Waals surface area contributed by atoms with Gasteiger partial charge in [0.05, 0.1) is 6.10 Å². The van der Waals surface area contributed by atoms with E-state index in [2.05, 4.69) is 41.5 Å². The number of nitrogens with two attached hydrogens (primary N) is 1. The SMILES string of the molecule is CCCCNC(N)=NCCCOC1CCCc2ccccc21. The van der Waals surface area contributed by atoms with Crippen molar-refractivity contribution in [2.75, 3.05) is 19.7 Å². The third kappa shape index (κ3) is 5.34. The van der Waals surface area contributed by atoms with Gasteiger partial charge < -0.3 is 15.8 Å². The number of aryl methyl sites for hydroxylation is 1. The molecule has 0 saturated carbocycles. The fourth-order valence-electron chi connectivity index (χ4n) is 2.82. The van der Waals surface area contributed by atoms with E-state index in [1.54, 1.807) is 0 Å². The molecule has 4 heteroatoms. The molecule has 22 heavy (non-hydrogen) atoms. The van der Waals surface area contributed by atoms with Gasteiger partial charge in [-0.2, -0.15) is 0 Å². The van der Waals surface area contributed by atoms with E-state index in [-0.39, 0.29) is 6.10 Å². The van der Waals surface area contributed by atoms with Crippen molar-refractivity contribution in [1.29, 1.82) is 0 Å². The summed E-state index contributed by atoms with van der Waals surface area (Å²) in [4.78, 5) is 4.33. The van der Waals surface area contributed by atoms with Crippen LogP contribution in [0.15, 0.2) is 29.3 Å². The molecule has 0 aliphatic heterocycles. The van der Waals surface area contributed by atoms with Crippen molar-refractivity contribution in [3.8, 4) is 0 Å². The zero-order chi connectivity index (χ0) is 15.6. The maximum absolute atomic E-state index is 6.06. The molecule has 1 aromatic rings. The molecule has 0 saturated heterocycles. The molecule has 122 valence electrons. The lowest BCUT2D eigenvalue weighted by Gasteiger charge is -2.25. The highest BCUT2D eigenvalue weighted by atomic mass is 16.5. The molecule has 1 aliphatic carbocycles. The lowest BCUT2D eigenvalue weighted by atomic mass is 9.89. The summed E-state index contributed by atoms with van der Waals surface area (Å²) in [5.74, 6) is 0.552. The number of aliphatic imine (C=N–C) groups is 1. The van der Waals surface area contributed by atoms with E-state index in [1.165, 1.54) is 24.0 Å². The summed E-state index contributed by atoms with van der Waals surface area (Å²) in [6.07, 6.45) is 6.98. The monoisotopic (exact) mass is 303 g/mol. The van der Waals surface area contributed by atoms with E-state index in [9.17, 15) is 0 Å². The Bertz CT molecular complexity index is 473. The molecule has 1 atom stereocenters. The van der Waals surface area contributed by atoms with E-state index < -0.39 is 0 Å². The van der Waals surface area contributed by atoms with E-state index in [0.717, 1.165) is 45.4 Å². The summed E-state index contributed by atoms with van der Waals surface area (Å²) >= 11 is 0. The normalized spacial score (nSPS) is 18.0. The highest BCUT2D eigenvalue weighted by Gasteiger charge is 2.19. The third-order valence-electron chi connectivity index (χ3n) is 4.05. The quantitative estimate of drug-likeness (QED) is 0.440. The summed E-state index contributed by atoms with van der Waals surface area (Å²) in [6.45, 7) is 4.53. The molecule has 0 fully saturated rings. The smallest absolute Gasteiger partial charge is 0.188 e. The second-order valence-corrected chi connectivity index (χ2v) is 5.85. The molecule has 0 spiro atoms. The van der Waals surface area contributed by atoms with Crippen LogP contribution in [0.3, 0.4) is 0 Å². The van der Waals surface area contributed by atoms with Crippen LogP contribution in [-0.4, -0.2) is 25.7 Å². The largest absolute Gasteiger partial charge is 0.373 e. The summed E-state index contributed by atoms with van der Waals surface area (Å²) in [5.41, 5.74) is 8.62. The topological polar surface area (TPSA) is 59.6 Å². The Morgan fingerprint density at radius 1 is 1.36 bits per heavy atom. The Hall–Kier alpha value is -1.55. The average molecular weight is 303 g/mol. The molecule has 0 aromatic heterocycles. The molecular formula is C18H29N3O. The predicted octanol–water partition coefficient (Wildman–Crippen LogP) is 3.18. The molecule has 0 heterocycles. The first-order chi connectivity index (χ1) is 10.8. The highest BCUT2D eigenvalue weighted by molar-refractivity contribution is 5.77. The van der Waals surface area contributed by atoms with Gasteiger partial charge in [-0.3, -0.25) is 4.99 Å². The van der Waals surface area contributed by atoms with E-state index in [4.69, 9.17) is 10.5 Å². The van der Waals surface area contributed by atoms with Crippen LogP contribution >= 0.6 is 0 Å². The van der Waals surface area contributed by atoms with Crippen molar-refractivity contribution in [2.24, 2.45) is 10.7 Å².